The molecule has 3 N–H and O–H groups in total. The number of hydrogen-bond acceptors (Lipinski definition) is 5. The maximum Gasteiger partial charge on any atom is 0.321 e. The van der Waals surface area contributed by atoms with Crippen molar-refractivity contribution in [2.75, 3.05) is 13.7 Å². The van der Waals surface area contributed by atoms with Crippen LogP contribution in [0.5, 0.6) is 5.75 Å². The van der Waals surface area contributed by atoms with Crippen LogP contribution in [0.1, 0.15) is 6.42 Å². The molecule has 1 fully saturated rings. The lowest BCUT2D eigenvalue weighted by atomic mass is 9.96. The van der Waals surface area contributed by atoms with Crippen molar-refractivity contribution in [1.82, 2.24) is 5.32 Å². The van der Waals surface area contributed by atoms with Gasteiger partial charge in [-0.2, -0.15) is 0 Å². The summed E-state index contributed by atoms with van der Waals surface area (Å²) in [6.45, 7) is 0.478. The van der Waals surface area contributed by atoms with E-state index in [0.717, 1.165) is 10.6 Å². The molecule has 1 aromatic rings. The van der Waals surface area contributed by atoms with Crippen molar-refractivity contribution in [3.63, 3.8) is 0 Å². The molecule has 7 heteroatoms. The fourth-order valence-electron chi connectivity index (χ4n) is 2.44. The monoisotopic (exact) mass is 311 g/mol. The molecule has 1 aromatic carbocycles. The molecule has 2 rings (SSSR count). The van der Waals surface area contributed by atoms with Gasteiger partial charge in [-0.15, -0.1) is 11.8 Å². The van der Waals surface area contributed by atoms with Crippen LogP contribution >= 0.6 is 11.8 Å². The first kappa shape index (κ1) is 15.7. The molecule has 0 bridgehead atoms. The molecular weight excluding hydrogens is 294 g/mol. The topological polar surface area (TPSA) is 95.9 Å². The van der Waals surface area contributed by atoms with E-state index in [1.165, 1.54) is 11.8 Å². The molecule has 0 aliphatic carbocycles. The summed E-state index contributed by atoms with van der Waals surface area (Å²) in [5.74, 6) is -1.67. The van der Waals surface area contributed by atoms with Gasteiger partial charge in [-0.25, -0.2) is 0 Å². The van der Waals surface area contributed by atoms with E-state index in [2.05, 4.69) is 5.32 Å². The summed E-state index contributed by atoms with van der Waals surface area (Å²) in [6.07, 6.45) is -0.155. The quantitative estimate of drug-likeness (QED) is 0.729. The highest BCUT2D eigenvalue weighted by Gasteiger charge is 2.41. The Bertz CT molecular complexity index is 519. The lowest BCUT2D eigenvalue weighted by molar-refractivity contribution is -0.141. The zero-order valence-electron chi connectivity index (χ0n) is 11.5. The van der Waals surface area contributed by atoms with Crippen molar-refractivity contribution < 1.29 is 24.5 Å². The first-order valence-electron chi connectivity index (χ1n) is 6.50. The van der Waals surface area contributed by atoms with E-state index < -0.39 is 23.9 Å². The number of rotatable bonds is 6. The highest BCUT2D eigenvalue weighted by atomic mass is 32.2. The SMILES string of the molecule is COc1ccc(S[C@@H]2CN[C@@H](C(=O)O)[C@@H]2CC(=O)O)cc1. The van der Waals surface area contributed by atoms with Crippen LogP contribution in [0.25, 0.3) is 0 Å². The van der Waals surface area contributed by atoms with E-state index in [9.17, 15) is 9.59 Å². The Morgan fingerprint density at radius 1 is 1.33 bits per heavy atom. The standard InChI is InChI=1S/C14H17NO5S/c1-20-8-2-4-9(5-3-8)21-11-7-15-13(14(18)19)10(11)6-12(16)17/h2-5,10-11,13,15H,6-7H2,1H3,(H,16,17)(H,18,19)/t10-,11-,13-/m1/s1. The lowest BCUT2D eigenvalue weighted by Crippen LogP contribution is -2.37. The Hall–Kier alpha value is -1.73. The van der Waals surface area contributed by atoms with Crippen molar-refractivity contribution in [1.29, 1.82) is 0 Å². The highest BCUT2D eigenvalue weighted by molar-refractivity contribution is 8.00. The summed E-state index contributed by atoms with van der Waals surface area (Å²) in [4.78, 5) is 23.1. The van der Waals surface area contributed by atoms with Gasteiger partial charge in [0.25, 0.3) is 0 Å². The molecule has 1 aliphatic rings. The molecule has 0 saturated carbocycles. The van der Waals surface area contributed by atoms with E-state index in [-0.39, 0.29) is 11.7 Å². The van der Waals surface area contributed by atoms with Gasteiger partial charge in [-0.1, -0.05) is 0 Å². The van der Waals surface area contributed by atoms with E-state index >= 15 is 0 Å². The summed E-state index contributed by atoms with van der Waals surface area (Å²) in [6, 6.07) is 6.61. The van der Waals surface area contributed by atoms with Gasteiger partial charge in [-0.3, -0.25) is 9.59 Å². The summed E-state index contributed by atoms with van der Waals surface area (Å²) < 4.78 is 5.08. The number of aliphatic carboxylic acids is 2. The van der Waals surface area contributed by atoms with Crippen molar-refractivity contribution >= 4 is 23.7 Å². The molecule has 1 heterocycles. The molecule has 0 aromatic heterocycles. The van der Waals surface area contributed by atoms with Gasteiger partial charge in [-0.05, 0) is 24.3 Å². The fraction of sp³-hybridized carbons (Fsp3) is 0.429. The third-order valence-electron chi connectivity index (χ3n) is 3.47. The van der Waals surface area contributed by atoms with Crippen LogP contribution in [0.2, 0.25) is 0 Å². The van der Waals surface area contributed by atoms with Crippen LogP contribution < -0.4 is 10.1 Å². The molecule has 1 saturated heterocycles. The van der Waals surface area contributed by atoms with Gasteiger partial charge in [0, 0.05) is 22.6 Å². The molecule has 1 aliphatic heterocycles. The number of ether oxygens (including phenoxy) is 1. The minimum Gasteiger partial charge on any atom is -0.497 e. The smallest absolute Gasteiger partial charge is 0.321 e. The lowest BCUT2D eigenvalue weighted by Gasteiger charge is -2.19. The minimum absolute atomic E-state index is 0.0874. The molecule has 0 spiro atoms. The number of nitrogens with one attached hydrogen (secondary N) is 1. The first-order valence-corrected chi connectivity index (χ1v) is 7.38. The Kier molecular flexibility index (Phi) is 5.08. The summed E-state index contributed by atoms with van der Waals surface area (Å²) in [5, 5.41) is 21.0. The van der Waals surface area contributed by atoms with Crippen molar-refractivity contribution in [2.24, 2.45) is 5.92 Å². The highest BCUT2D eigenvalue weighted by Crippen LogP contribution is 2.35. The van der Waals surface area contributed by atoms with Crippen molar-refractivity contribution in [3.05, 3.63) is 24.3 Å². The molecule has 0 radical (unpaired) electrons. The van der Waals surface area contributed by atoms with Crippen molar-refractivity contribution in [3.8, 4) is 5.75 Å². The van der Waals surface area contributed by atoms with E-state index in [4.69, 9.17) is 14.9 Å². The van der Waals surface area contributed by atoms with Crippen LogP contribution in [-0.4, -0.2) is 47.1 Å². The zero-order valence-corrected chi connectivity index (χ0v) is 12.3. The number of carboxylic acid groups (broad SMARTS) is 2. The fourth-order valence-corrected chi connectivity index (χ4v) is 3.69. The Balaban J connectivity index is 2.09. The molecule has 0 amide bonds. The Morgan fingerprint density at radius 3 is 2.52 bits per heavy atom. The maximum absolute atomic E-state index is 11.2. The number of benzene rings is 1. The van der Waals surface area contributed by atoms with Crippen LogP contribution in [0.15, 0.2) is 29.2 Å². The van der Waals surface area contributed by atoms with Crippen LogP contribution in [0.3, 0.4) is 0 Å². The third kappa shape index (κ3) is 3.89. The molecule has 3 atom stereocenters. The number of hydrogen-bond donors (Lipinski definition) is 3. The minimum atomic E-state index is -1.00. The average molecular weight is 311 g/mol. The number of carboxylic acids is 2. The van der Waals surface area contributed by atoms with E-state index in [0.29, 0.717) is 6.54 Å². The van der Waals surface area contributed by atoms with Gasteiger partial charge < -0.3 is 20.3 Å². The predicted molar refractivity (Wildman–Crippen MR) is 77.8 cm³/mol. The second-order valence-corrected chi connectivity index (χ2v) is 6.13. The maximum atomic E-state index is 11.2. The Labute approximate surface area is 126 Å². The van der Waals surface area contributed by atoms with Gasteiger partial charge in [0.2, 0.25) is 0 Å². The molecule has 114 valence electrons. The molecule has 6 nitrogen and oxygen atoms in total. The number of methoxy groups -OCH3 is 1. The van der Waals surface area contributed by atoms with Gasteiger partial charge in [0.15, 0.2) is 0 Å². The number of thioether (sulfide) groups is 1. The number of carbonyl (C=O) groups is 2. The van der Waals surface area contributed by atoms with E-state index in [1.807, 2.05) is 24.3 Å². The predicted octanol–water partition coefficient (Wildman–Crippen LogP) is 1.30. The summed E-state index contributed by atoms with van der Waals surface area (Å²) >= 11 is 1.50. The van der Waals surface area contributed by atoms with E-state index in [1.54, 1.807) is 7.11 Å². The third-order valence-corrected chi connectivity index (χ3v) is 4.83. The van der Waals surface area contributed by atoms with Crippen LogP contribution in [0.4, 0.5) is 0 Å². The van der Waals surface area contributed by atoms with Gasteiger partial charge in [0.05, 0.1) is 13.5 Å². The Morgan fingerprint density at radius 2 is 2.00 bits per heavy atom. The second kappa shape index (κ2) is 6.82. The van der Waals surface area contributed by atoms with Crippen LogP contribution in [-0.2, 0) is 9.59 Å². The molecule has 21 heavy (non-hydrogen) atoms. The average Bonchev–Trinajstić information content (AvgIpc) is 2.82. The first-order chi connectivity index (χ1) is 10.0. The normalized spacial score (nSPS) is 24.7. The largest absolute Gasteiger partial charge is 0.497 e. The van der Waals surface area contributed by atoms with Gasteiger partial charge >= 0.3 is 11.9 Å². The molecule has 0 unspecified atom stereocenters. The van der Waals surface area contributed by atoms with Crippen molar-refractivity contribution in [2.45, 2.75) is 22.6 Å². The molecular formula is C14H17NO5S. The van der Waals surface area contributed by atoms with Crippen LogP contribution in [0, 0.1) is 5.92 Å². The summed E-state index contributed by atoms with van der Waals surface area (Å²) in [5.41, 5.74) is 0. The summed E-state index contributed by atoms with van der Waals surface area (Å²) in [7, 11) is 1.59. The zero-order chi connectivity index (χ0) is 15.4. The van der Waals surface area contributed by atoms with Gasteiger partial charge in [0.1, 0.15) is 11.8 Å². The second-order valence-electron chi connectivity index (χ2n) is 4.82.